The standard InChI is InChI=1S/C19H25N3O3/c1-14(23)21-9-11-22(12-10-21)19(25)17-13-16(17)18(24)20-8-7-15-5-3-2-4-6-15/h2-6,16-17H,7-13H2,1H3,(H,20,24). The van der Waals surface area contributed by atoms with E-state index in [4.69, 9.17) is 0 Å². The highest BCUT2D eigenvalue weighted by Crippen LogP contribution is 2.40. The van der Waals surface area contributed by atoms with E-state index >= 15 is 0 Å². The van der Waals surface area contributed by atoms with Crippen LogP contribution in [0, 0.1) is 11.8 Å². The number of rotatable bonds is 5. The third-order valence-corrected chi connectivity index (χ3v) is 5.04. The molecule has 6 heteroatoms. The minimum Gasteiger partial charge on any atom is -0.356 e. The van der Waals surface area contributed by atoms with Crippen LogP contribution in [0.25, 0.3) is 0 Å². The number of hydrogen-bond donors (Lipinski definition) is 1. The molecule has 2 aliphatic rings. The number of amides is 3. The van der Waals surface area contributed by atoms with Crippen LogP contribution in [-0.2, 0) is 20.8 Å². The third kappa shape index (κ3) is 4.38. The van der Waals surface area contributed by atoms with Crippen LogP contribution in [0.3, 0.4) is 0 Å². The molecule has 1 aromatic rings. The molecule has 6 nitrogen and oxygen atoms in total. The molecule has 3 rings (SSSR count). The van der Waals surface area contributed by atoms with Gasteiger partial charge in [0.05, 0.1) is 11.8 Å². The molecule has 134 valence electrons. The van der Waals surface area contributed by atoms with Crippen molar-refractivity contribution >= 4 is 17.7 Å². The van der Waals surface area contributed by atoms with Crippen molar-refractivity contribution < 1.29 is 14.4 Å². The van der Waals surface area contributed by atoms with Gasteiger partial charge in [0.1, 0.15) is 0 Å². The van der Waals surface area contributed by atoms with Crippen molar-refractivity contribution in [3.05, 3.63) is 35.9 Å². The Hall–Kier alpha value is -2.37. The van der Waals surface area contributed by atoms with Crippen molar-refractivity contribution in [1.82, 2.24) is 15.1 Å². The summed E-state index contributed by atoms with van der Waals surface area (Å²) in [6.45, 7) is 4.45. The lowest BCUT2D eigenvalue weighted by atomic mass is 10.1. The second kappa shape index (κ2) is 7.68. The van der Waals surface area contributed by atoms with Crippen LogP contribution in [0.2, 0.25) is 0 Å². The summed E-state index contributed by atoms with van der Waals surface area (Å²) in [5.74, 6) is -0.271. The highest BCUT2D eigenvalue weighted by Gasteiger charge is 2.49. The lowest BCUT2D eigenvalue weighted by Gasteiger charge is -2.34. The summed E-state index contributed by atoms with van der Waals surface area (Å²) in [5, 5.41) is 2.94. The van der Waals surface area contributed by atoms with Gasteiger partial charge in [-0.3, -0.25) is 14.4 Å². The largest absolute Gasteiger partial charge is 0.356 e. The number of piperazine rings is 1. The average molecular weight is 343 g/mol. The van der Waals surface area contributed by atoms with E-state index in [0.29, 0.717) is 39.1 Å². The normalized spacial score (nSPS) is 22.4. The molecule has 0 radical (unpaired) electrons. The van der Waals surface area contributed by atoms with Gasteiger partial charge in [-0.1, -0.05) is 30.3 Å². The number of nitrogens with zero attached hydrogens (tertiary/aromatic N) is 2. The summed E-state index contributed by atoms with van der Waals surface area (Å²) in [7, 11) is 0. The first-order valence-corrected chi connectivity index (χ1v) is 8.92. The van der Waals surface area contributed by atoms with Crippen LogP contribution in [0.1, 0.15) is 18.9 Å². The molecule has 0 spiro atoms. The van der Waals surface area contributed by atoms with Crippen LogP contribution in [0.4, 0.5) is 0 Å². The van der Waals surface area contributed by atoms with Gasteiger partial charge in [0.2, 0.25) is 17.7 Å². The maximum absolute atomic E-state index is 12.5. The average Bonchev–Trinajstić information content (AvgIpc) is 3.43. The van der Waals surface area contributed by atoms with Gasteiger partial charge >= 0.3 is 0 Å². The van der Waals surface area contributed by atoms with Gasteiger partial charge in [-0.05, 0) is 18.4 Å². The summed E-state index contributed by atoms with van der Waals surface area (Å²) in [6, 6.07) is 10.0. The van der Waals surface area contributed by atoms with Crippen molar-refractivity contribution in [3.63, 3.8) is 0 Å². The summed E-state index contributed by atoms with van der Waals surface area (Å²) in [4.78, 5) is 39.6. The second-order valence-electron chi connectivity index (χ2n) is 6.81. The van der Waals surface area contributed by atoms with Gasteiger partial charge in [0.15, 0.2) is 0 Å². The molecular weight excluding hydrogens is 318 g/mol. The quantitative estimate of drug-likeness (QED) is 0.854. The molecule has 1 saturated heterocycles. The zero-order valence-electron chi connectivity index (χ0n) is 14.6. The molecule has 1 heterocycles. The van der Waals surface area contributed by atoms with E-state index < -0.39 is 0 Å². The van der Waals surface area contributed by atoms with E-state index in [1.54, 1.807) is 16.7 Å². The van der Waals surface area contributed by atoms with Crippen LogP contribution < -0.4 is 5.32 Å². The van der Waals surface area contributed by atoms with Crippen molar-refractivity contribution in [2.24, 2.45) is 11.8 Å². The van der Waals surface area contributed by atoms with Crippen molar-refractivity contribution in [2.75, 3.05) is 32.7 Å². The van der Waals surface area contributed by atoms with Crippen LogP contribution >= 0.6 is 0 Å². The zero-order valence-corrected chi connectivity index (χ0v) is 14.6. The van der Waals surface area contributed by atoms with E-state index in [1.807, 2.05) is 30.3 Å². The predicted molar refractivity (Wildman–Crippen MR) is 93.6 cm³/mol. The Bertz CT molecular complexity index is 639. The summed E-state index contributed by atoms with van der Waals surface area (Å²) in [5.41, 5.74) is 1.19. The molecule has 2 unspecified atom stereocenters. The Labute approximate surface area is 148 Å². The number of carbonyl (C=O) groups is 3. The minimum atomic E-state index is -0.186. The van der Waals surface area contributed by atoms with Crippen molar-refractivity contribution in [1.29, 1.82) is 0 Å². The maximum atomic E-state index is 12.5. The maximum Gasteiger partial charge on any atom is 0.226 e. The molecule has 2 fully saturated rings. The molecule has 1 aliphatic heterocycles. The Kier molecular flexibility index (Phi) is 5.36. The van der Waals surface area contributed by atoms with Gasteiger partial charge in [-0.15, -0.1) is 0 Å². The van der Waals surface area contributed by atoms with Gasteiger partial charge < -0.3 is 15.1 Å². The summed E-state index contributed by atoms with van der Waals surface area (Å²) < 4.78 is 0. The van der Waals surface area contributed by atoms with Crippen molar-refractivity contribution in [2.45, 2.75) is 19.8 Å². The fourth-order valence-corrected chi connectivity index (χ4v) is 3.34. The molecule has 0 bridgehead atoms. The van der Waals surface area contributed by atoms with Crippen LogP contribution in [0.15, 0.2) is 30.3 Å². The van der Waals surface area contributed by atoms with E-state index in [2.05, 4.69) is 5.32 Å². The summed E-state index contributed by atoms with van der Waals surface area (Å²) in [6.07, 6.45) is 1.44. The minimum absolute atomic E-state index is 0.0170. The monoisotopic (exact) mass is 343 g/mol. The highest BCUT2D eigenvalue weighted by molar-refractivity contribution is 5.92. The highest BCUT2D eigenvalue weighted by atomic mass is 16.2. The predicted octanol–water partition coefficient (Wildman–Crippen LogP) is 0.672. The lowest BCUT2D eigenvalue weighted by molar-refractivity contribution is -0.140. The molecule has 3 amide bonds. The number of carbonyl (C=O) groups excluding carboxylic acids is 3. The van der Waals surface area contributed by atoms with Crippen molar-refractivity contribution in [3.8, 4) is 0 Å². The SMILES string of the molecule is CC(=O)N1CCN(C(=O)C2CC2C(=O)NCCc2ccccc2)CC1. The Morgan fingerprint density at radius 3 is 2.28 bits per heavy atom. The molecule has 1 N–H and O–H groups in total. The first-order valence-electron chi connectivity index (χ1n) is 8.92. The first kappa shape index (κ1) is 17.5. The first-order chi connectivity index (χ1) is 12.1. The molecule has 1 aliphatic carbocycles. The zero-order chi connectivity index (χ0) is 17.8. The summed E-state index contributed by atoms with van der Waals surface area (Å²) >= 11 is 0. The molecule has 25 heavy (non-hydrogen) atoms. The molecule has 1 aromatic carbocycles. The number of hydrogen-bond acceptors (Lipinski definition) is 3. The second-order valence-corrected chi connectivity index (χ2v) is 6.81. The number of nitrogens with one attached hydrogen (secondary N) is 1. The smallest absolute Gasteiger partial charge is 0.226 e. The fraction of sp³-hybridized carbons (Fsp3) is 0.526. The number of benzene rings is 1. The lowest BCUT2D eigenvalue weighted by Crippen LogP contribution is -2.50. The molecule has 1 saturated carbocycles. The van der Waals surface area contributed by atoms with Gasteiger partial charge in [-0.25, -0.2) is 0 Å². The van der Waals surface area contributed by atoms with Crippen LogP contribution in [-0.4, -0.2) is 60.2 Å². The van der Waals surface area contributed by atoms with E-state index in [0.717, 1.165) is 6.42 Å². The third-order valence-electron chi connectivity index (χ3n) is 5.04. The molecule has 2 atom stereocenters. The van der Waals surface area contributed by atoms with Gasteiger partial charge in [-0.2, -0.15) is 0 Å². The Morgan fingerprint density at radius 1 is 1.00 bits per heavy atom. The van der Waals surface area contributed by atoms with Gasteiger partial charge in [0, 0.05) is 39.6 Å². The van der Waals surface area contributed by atoms with E-state index in [-0.39, 0.29) is 29.6 Å². The van der Waals surface area contributed by atoms with E-state index in [1.165, 1.54) is 5.56 Å². The Balaban J connectivity index is 1.39. The van der Waals surface area contributed by atoms with Crippen LogP contribution in [0.5, 0.6) is 0 Å². The van der Waals surface area contributed by atoms with Gasteiger partial charge in [0.25, 0.3) is 0 Å². The molecular formula is C19H25N3O3. The Morgan fingerprint density at radius 2 is 1.64 bits per heavy atom. The molecule has 0 aromatic heterocycles. The van der Waals surface area contributed by atoms with E-state index in [9.17, 15) is 14.4 Å². The fourth-order valence-electron chi connectivity index (χ4n) is 3.34. The topological polar surface area (TPSA) is 69.7 Å².